The Morgan fingerprint density at radius 3 is 2.48 bits per heavy atom. The molecule has 0 bridgehead atoms. The molecule has 0 spiro atoms. The number of aryl methyl sites for hydroxylation is 1. The number of rotatable bonds is 5. The lowest BCUT2D eigenvalue weighted by Gasteiger charge is -2.09. The predicted octanol–water partition coefficient (Wildman–Crippen LogP) is 2.29. The molecule has 130 valence electrons. The van der Waals surface area contributed by atoms with Crippen LogP contribution in [-0.2, 0) is 9.47 Å². The van der Waals surface area contributed by atoms with Crippen LogP contribution in [0.15, 0.2) is 30.5 Å². The van der Waals surface area contributed by atoms with Gasteiger partial charge < -0.3 is 14.6 Å². The normalized spacial score (nSPS) is 10.2. The van der Waals surface area contributed by atoms with E-state index in [2.05, 4.69) is 9.72 Å². The predicted molar refractivity (Wildman–Crippen MR) is 87.8 cm³/mol. The quantitative estimate of drug-likeness (QED) is 0.656. The van der Waals surface area contributed by atoms with Crippen LogP contribution in [0.5, 0.6) is 5.75 Å². The Morgan fingerprint density at radius 1 is 1.12 bits per heavy atom. The van der Waals surface area contributed by atoms with Crippen LogP contribution in [0.4, 0.5) is 0 Å². The molecule has 7 nitrogen and oxygen atoms in total. The van der Waals surface area contributed by atoms with E-state index in [0.29, 0.717) is 0 Å². The van der Waals surface area contributed by atoms with E-state index in [4.69, 9.17) is 4.74 Å². The van der Waals surface area contributed by atoms with Gasteiger partial charge in [0, 0.05) is 11.8 Å². The molecule has 0 atom stereocenters. The van der Waals surface area contributed by atoms with Gasteiger partial charge in [0.2, 0.25) is 0 Å². The fourth-order valence-corrected chi connectivity index (χ4v) is 2.20. The number of methoxy groups -OCH3 is 1. The number of ketones is 1. The molecule has 1 aromatic carbocycles. The molecule has 25 heavy (non-hydrogen) atoms. The van der Waals surface area contributed by atoms with E-state index >= 15 is 0 Å². The van der Waals surface area contributed by atoms with Gasteiger partial charge in [0.1, 0.15) is 5.75 Å². The number of carbonyl (C=O) groups is 3. The summed E-state index contributed by atoms with van der Waals surface area (Å²) in [7, 11) is 1.16. The maximum atomic E-state index is 12.6. The highest BCUT2D eigenvalue weighted by molar-refractivity contribution is 6.12. The van der Waals surface area contributed by atoms with Crippen molar-refractivity contribution in [2.75, 3.05) is 13.7 Å². The minimum atomic E-state index is -0.819. The first-order valence-electron chi connectivity index (χ1n) is 7.48. The summed E-state index contributed by atoms with van der Waals surface area (Å²) in [5.74, 6) is -2.33. The highest BCUT2D eigenvalue weighted by Crippen LogP contribution is 2.23. The number of aromatic hydroxyl groups is 1. The zero-order valence-electron chi connectivity index (χ0n) is 14.0. The van der Waals surface area contributed by atoms with Crippen LogP contribution in [0.25, 0.3) is 0 Å². The lowest BCUT2D eigenvalue weighted by molar-refractivity contribution is 0.0501. The summed E-state index contributed by atoms with van der Waals surface area (Å²) in [5.41, 5.74) is 0.475. The van der Waals surface area contributed by atoms with Gasteiger partial charge in [0.05, 0.1) is 24.8 Å². The average molecular weight is 343 g/mol. The number of phenols is 1. The number of ether oxygens (including phenoxy) is 2. The second kappa shape index (κ2) is 7.57. The van der Waals surface area contributed by atoms with Crippen LogP contribution >= 0.6 is 0 Å². The smallest absolute Gasteiger partial charge is 0.357 e. The van der Waals surface area contributed by atoms with E-state index in [1.54, 1.807) is 19.9 Å². The zero-order chi connectivity index (χ0) is 18.6. The van der Waals surface area contributed by atoms with Gasteiger partial charge in [0.15, 0.2) is 11.5 Å². The third-order valence-corrected chi connectivity index (χ3v) is 3.42. The van der Waals surface area contributed by atoms with E-state index < -0.39 is 17.7 Å². The van der Waals surface area contributed by atoms with Crippen LogP contribution in [-0.4, -0.2) is 41.5 Å². The van der Waals surface area contributed by atoms with Gasteiger partial charge in [-0.1, -0.05) is 11.6 Å². The summed E-state index contributed by atoms with van der Waals surface area (Å²) in [5, 5.41) is 9.90. The number of esters is 2. The van der Waals surface area contributed by atoms with Crippen molar-refractivity contribution in [1.82, 2.24) is 4.98 Å². The third-order valence-electron chi connectivity index (χ3n) is 3.42. The standard InChI is InChI=1S/C18H17NO6/c1-4-25-17(22)13-8-11(9-19-15(13)18(23)24-3)16(21)12-7-10(2)5-6-14(12)20/h5-9,20H,4H2,1-3H3. The molecule has 0 aliphatic carbocycles. The van der Waals surface area contributed by atoms with Crippen molar-refractivity contribution < 1.29 is 29.0 Å². The Hall–Kier alpha value is -3.22. The summed E-state index contributed by atoms with van der Waals surface area (Å²) >= 11 is 0. The van der Waals surface area contributed by atoms with Crippen molar-refractivity contribution >= 4 is 17.7 Å². The SMILES string of the molecule is CCOC(=O)c1cc(C(=O)c2cc(C)ccc2O)cnc1C(=O)OC. The molecule has 0 unspecified atom stereocenters. The van der Waals surface area contributed by atoms with E-state index in [1.165, 1.54) is 18.2 Å². The summed E-state index contributed by atoms with van der Waals surface area (Å²) in [6.07, 6.45) is 1.15. The molecule has 0 saturated carbocycles. The molecule has 0 radical (unpaired) electrons. The molecule has 0 saturated heterocycles. The number of aromatic nitrogens is 1. The molecule has 1 heterocycles. The van der Waals surface area contributed by atoms with Crippen LogP contribution in [0.2, 0.25) is 0 Å². The molecule has 0 fully saturated rings. The first kappa shape index (κ1) is 18.1. The molecule has 0 aliphatic heterocycles. The third kappa shape index (κ3) is 3.82. The summed E-state index contributed by atoms with van der Waals surface area (Å²) in [6.45, 7) is 3.48. The van der Waals surface area contributed by atoms with Crippen molar-refractivity contribution in [3.05, 3.63) is 58.4 Å². The summed E-state index contributed by atoms with van der Waals surface area (Å²) < 4.78 is 9.49. The minimum Gasteiger partial charge on any atom is -0.507 e. The number of phenolic OH excluding ortho intramolecular Hbond substituents is 1. The maximum absolute atomic E-state index is 12.6. The number of nitrogens with zero attached hydrogens (tertiary/aromatic N) is 1. The number of hydrogen-bond donors (Lipinski definition) is 1. The minimum absolute atomic E-state index is 0.0385. The van der Waals surface area contributed by atoms with E-state index in [1.807, 2.05) is 0 Å². The average Bonchev–Trinajstić information content (AvgIpc) is 2.62. The highest BCUT2D eigenvalue weighted by Gasteiger charge is 2.24. The Morgan fingerprint density at radius 2 is 1.84 bits per heavy atom. The van der Waals surface area contributed by atoms with Crippen molar-refractivity contribution in [2.45, 2.75) is 13.8 Å². The van der Waals surface area contributed by atoms with Crippen LogP contribution in [0.1, 0.15) is 49.3 Å². The van der Waals surface area contributed by atoms with Crippen LogP contribution in [0.3, 0.4) is 0 Å². The monoisotopic (exact) mass is 343 g/mol. The Bertz CT molecular complexity index is 843. The van der Waals surface area contributed by atoms with Crippen molar-refractivity contribution in [3.8, 4) is 5.75 Å². The first-order chi connectivity index (χ1) is 11.9. The topological polar surface area (TPSA) is 103 Å². The number of hydrogen-bond acceptors (Lipinski definition) is 7. The fourth-order valence-electron chi connectivity index (χ4n) is 2.20. The number of pyridine rings is 1. The van der Waals surface area contributed by atoms with Crippen molar-refractivity contribution in [3.63, 3.8) is 0 Å². The fraction of sp³-hybridized carbons (Fsp3) is 0.222. The van der Waals surface area contributed by atoms with Gasteiger partial charge in [0.25, 0.3) is 0 Å². The largest absolute Gasteiger partial charge is 0.507 e. The first-order valence-corrected chi connectivity index (χ1v) is 7.48. The number of carbonyl (C=O) groups excluding carboxylic acids is 3. The Kier molecular flexibility index (Phi) is 5.49. The number of benzene rings is 1. The summed E-state index contributed by atoms with van der Waals surface area (Å²) in [4.78, 5) is 40.4. The van der Waals surface area contributed by atoms with E-state index in [0.717, 1.165) is 18.9 Å². The second-order valence-electron chi connectivity index (χ2n) is 5.18. The molecule has 0 amide bonds. The van der Waals surface area contributed by atoms with E-state index in [9.17, 15) is 19.5 Å². The van der Waals surface area contributed by atoms with Gasteiger partial charge in [-0.2, -0.15) is 0 Å². The molecule has 1 aromatic heterocycles. The Balaban J connectivity index is 2.54. The lowest BCUT2D eigenvalue weighted by Crippen LogP contribution is -2.17. The van der Waals surface area contributed by atoms with Crippen LogP contribution in [0, 0.1) is 6.92 Å². The lowest BCUT2D eigenvalue weighted by atomic mass is 10.00. The molecule has 2 rings (SSSR count). The van der Waals surface area contributed by atoms with Gasteiger partial charge in [-0.15, -0.1) is 0 Å². The molecule has 1 N–H and O–H groups in total. The van der Waals surface area contributed by atoms with Gasteiger partial charge >= 0.3 is 11.9 Å². The molecule has 0 aliphatic rings. The van der Waals surface area contributed by atoms with Gasteiger partial charge in [-0.25, -0.2) is 14.6 Å². The molecule has 7 heteroatoms. The van der Waals surface area contributed by atoms with Crippen molar-refractivity contribution in [2.24, 2.45) is 0 Å². The molecule has 2 aromatic rings. The van der Waals surface area contributed by atoms with Crippen molar-refractivity contribution in [1.29, 1.82) is 0 Å². The zero-order valence-corrected chi connectivity index (χ0v) is 14.0. The summed E-state index contributed by atoms with van der Waals surface area (Å²) in [6, 6.07) is 5.80. The van der Waals surface area contributed by atoms with E-state index in [-0.39, 0.29) is 34.7 Å². The van der Waals surface area contributed by atoms with Crippen LogP contribution < -0.4 is 0 Å². The van der Waals surface area contributed by atoms with Gasteiger partial charge in [-0.3, -0.25) is 4.79 Å². The maximum Gasteiger partial charge on any atom is 0.357 e. The Labute approximate surface area is 144 Å². The second-order valence-corrected chi connectivity index (χ2v) is 5.18. The van der Waals surface area contributed by atoms with Gasteiger partial charge in [-0.05, 0) is 32.0 Å². The molecular formula is C18H17NO6. The highest BCUT2D eigenvalue weighted by atomic mass is 16.5. The molecular weight excluding hydrogens is 326 g/mol.